The highest BCUT2D eigenvalue weighted by atomic mass is 19.1. The Balaban J connectivity index is 1.53. The predicted molar refractivity (Wildman–Crippen MR) is 91.2 cm³/mol. The molecule has 24 heavy (non-hydrogen) atoms. The molecule has 1 aromatic carbocycles. The lowest BCUT2D eigenvalue weighted by molar-refractivity contribution is 0.629. The van der Waals surface area contributed by atoms with Gasteiger partial charge in [-0.05, 0) is 30.2 Å². The number of H-pyrrole nitrogens is 1. The van der Waals surface area contributed by atoms with E-state index in [1.54, 1.807) is 17.8 Å². The largest absolute Gasteiger partial charge is 0.361 e. The average molecular weight is 329 g/mol. The molecule has 7 nitrogen and oxygen atoms in total. The van der Waals surface area contributed by atoms with Gasteiger partial charge in [-0.25, -0.2) is 9.37 Å². The van der Waals surface area contributed by atoms with Gasteiger partial charge in [-0.3, -0.25) is 9.67 Å². The fourth-order valence-corrected chi connectivity index (χ4v) is 2.54. The van der Waals surface area contributed by atoms with Crippen LogP contribution >= 0.6 is 0 Å². The molecule has 0 fully saturated rings. The number of aromatic amines is 1. The van der Waals surface area contributed by atoms with Gasteiger partial charge in [-0.15, -0.1) is 0 Å². The molecule has 0 aliphatic heterocycles. The van der Waals surface area contributed by atoms with Crippen LogP contribution in [0.4, 0.5) is 4.39 Å². The molecule has 126 valence electrons. The van der Waals surface area contributed by atoms with E-state index in [0.29, 0.717) is 19.0 Å². The van der Waals surface area contributed by atoms with Gasteiger partial charge in [-0.1, -0.05) is 0 Å². The summed E-state index contributed by atoms with van der Waals surface area (Å²) < 4.78 is 14.9. The van der Waals surface area contributed by atoms with E-state index < -0.39 is 0 Å². The van der Waals surface area contributed by atoms with E-state index in [2.05, 4.69) is 30.7 Å². The Morgan fingerprint density at radius 2 is 2.25 bits per heavy atom. The Morgan fingerprint density at radius 3 is 3.00 bits per heavy atom. The minimum absolute atomic E-state index is 0.234. The summed E-state index contributed by atoms with van der Waals surface area (Å²) >= 11 is 0. The summed E-state index contributed by atoms with van der Waals surface area (Å²) in [7, 11) is 3.57. The quantitative estimate of drug-likeness (QED) is 0.487. The van der Waals surface area contributed by atoms with Crippen molar-refractivity contribution in [3.8, 4) is 0 Å². The molecule has 3 rings (SSSR count). The Bertz CT molecular complexity index is 849. The first-order valence-corrected chi connectivity index (χ1v) is 7.70. The van der Waals surface area contributed by atoms with Crippen molar-refractivity contribution in [3.05, 3.63) is 47.9 Å². The van der Waals surface area contributed by atoms with Crippen molar-refractivity contribution in [3.63, 3.8) is 0 Å². The molecule has 8 heteroatoms. The van der Waals surface area contributed by atoms with Gasteiger partial charge >= 0.3 is 0 Å². The normalized spacial score (nSPS) is 11.9. The molecule has 0 atom stereocenters. The molecule has 0 radical (unpaired) electrons. The molecule has 3 N–H and O–H groups in total. The van der Waals surface area contributed by atoms with Crippen LogP contribution in [-0.4, -0.2) is 39.3 Å². The van der Waals surface area contributed by atoms with E-state index in [-0.39, 0.29) is 5.82 Å². The van der Waals surface area contributed by atoms with Crippen LogP contribution in [0.2, 0.25) is 0 Å². The molecular formula is C16H20FN7. The first kappa shape index (κ1) is 16.0. The monoisotopic (exact) mass is 329 g/mol. The number of halogens is 1. The molecule has 0 bridgehead atoms. The highest BCUT2D eigenvalue weighted by Crippen LogP contribution is 2.19. The van der Waals surface area contributed by atoms with Crippen LogP contribution in [0.3, 0.4) is 0 Å². The van der Waals surface area contributed by atoms with Crippen molar-refractivity contribution in [2.24, 2.45) is 12.0 Å². The van der Waals surface area contributed by atoms with Gasteiger partial charge in [0.1, 0.15) is 18.0 Å². The third-order valence-electron chi connectivity index (χ3n) is 3.86. The first-order valence-electron chi connectivity index (χ1n) is 7.70. The van der Waals surface area contributed by atoms with Crippen LogP contribution in [0.1, 0.15) is 11.4 Å². The zero-order chi connectivity index (χ0) is 16.9. The molecule has 0 aliphatic carbocycles. The van der Waals surface area contributed by atoms with Crippen LogP contribution in [-0.2, 0) is 20.0 Å². The van der Waals surface area contributed by atoms with E-state index in [1.807, 2.05) is 13.2 Å². The van der Waals surface area contributed by atoms with Crippen LogP contribution in [0.15, 0.2) is 35.7 Å². The van der Waals surface area contributed by atoms with E-state index in [0.717, 1.165) is 28.7 Å². The number of nitrogens with one attached hydrogen (secondary N) is 3. The minimum atomic E-state index is -0.234. The number of aryl methyl sites for hydroxylation is 1. The number of nitrogens with zero attached hydrogens (tertiary/aromatic N) is 4. The lowest BCUT2D eigenvalue weighted by atomic mass is 10.1. The van der Waals surface area contributed by atoms with E-state index in [9.17, 15) is 4.39 Å². The van der Waals surface area contributed by atoms with Gasteiger partial charge in [0, 0.05) is 37.7 Å². The lowest BCUT2D eigenvalue weighted by Gasteiger charge is -2.11. The molecule has 0 saturated heterocycles. The summed E-state index contributed by atoms with van der Waals surface area (Å²) in [5, 5.41) is 11.5. The molecule has 0 aliphatic rings. The van der Waals surface area contributed by atoms with Crippen molar-refractivity contribution in [1.29, 1.82) is 0 Å². The standard InChI is InChI=1S/C16H20FN7/c1-18-16(21-9-15-22-10-23-24(15)2)19-6-5-11-8-20-14-7-12(17)3-4-13(11)14/h3-4,7-8,10,20H,5-6,9H2,1-2H3,(H2,18,19,21). The van der Waals surface area contributed by atoms with Gasteiger partial charge in [0.25, 0.3) is 0 Å². The minimum Gasteiger partial charge on any atom is -0.361 e. The Morgan fingerprint density at radius 1 is 1.38 bits per heavy atom. The average Bonchev–Trinajstić information content (AvgIpc) is 3.16. The Labute approximate surface area is 139 Å². The highest BCUT2D eigenvalue weighted by molar-refractivity contribution is 5.83. The molecule has 0 spiro atoms. The number of guanidine groups is 1. The molecule has 0 saturated carbocycles. The summed E-state index contributed by atoms with van der Waals surface area (Å²) in [6, 6.07) is 4.79. The van der Waals surface area contributed by atoms with Crippen LogP contribution in [0.5, 0.6) is 0 Å². The maximum absolute atomic E-state index is 13.2. The molecule has 0 unspecified atom stereocenters. The molecule has 2 heterocycles. The molecular weight excluding hydrogens is 309 g/mol. The number of rotatable bonds is 5. The predicted octanol–water partition coefficient (Wildman–Crippen LogP) is 1.34. The van der Waals surface area contributed by atoms with Crippen molar-refractivity contribution >= 4 is 16.9 Å². The van der Waals surface area contributed by atoms with E-state index >= 15 is 0 Å². The number of hydrogen-bond acceptors (Lipinski definition) is 3. The number of fused-ring (bicyclic) bond motifs is 1. The Kier molecular flexibility index (Phi) is 4.74. The third kappa shape index (κ3) is 3.53. The van der Waals surface area contributed by atoms with E-state index in [1.165, 1.54) is 18.5 Å². The number of benzene rings is 1. The smallest absolute Gasteiger partial charge is 0.191 e. The van der Waals surface area contributed by atoms with E-state index in [4.69, 9.17) is 0 Å². The van der Waals surface area contributed by atoms with Gasteiger partial charge in [0.2, 0.25) is 0 Å². The van der Waals surface area contributed by atoms with Crippen molar-refractivity contribution in [2.75, 3.05) is 13.6 Å². The number of aliphatic imine (C=N–C) groups is 1. The zero-order valence-electron chi connectivity index (χ0n) is 13.7. The first-order chi connectivity index (χ1) is 11.7. The summed E-state index contributed by atoms with van der Waals surface area (Å²) in [6.07, 6.45) is 4.24. The van der Waals surface area contributed by atoms with Gasteiger partial charge < -0.3 is 15.6 Å². The second-order valence-corrected chi connectivity index (χ2v) is 5.41. The lowest BCUT2D eigenvalue weighted by Crippen LogP contribution is -2.38. The maximum Gasteiger partial charge on any atom is 0.191 e. The number of hydrogen-bond donors (Lipinski definition) is 3. The molecule has 0 amide bonds. The second-order valence-electron chi connectivity index (χ2n) is 5.41. The molecule has 3 aromatic rings. The fraction of sp³-hybridized carbons (Fsp3) is 0.312. The second kappa shape index (κ2) is 7.12. The molecule has 2 aromatic heterocycles. The topological polar surface area (TPSA) is 82.9 Å². The summed E-state index contributed by atoms with van der Waals surface area (Å²) in [5.41, 5.74) is 1.95. The van der Waals surface area contributed by atoms with Crippen LogP contribution < -0.4 is 10.6 Å². The van der Waals surface area contributed by atoms with Crippen molar-refractivity contribution < 1.29 is 4.39 Å². The highest BCUT2D eigenvalue weighted by Gasteiger charge is 2.06. The van der Waals surface area contributed by atoms with Gasteiger partial charge in [0.05, 0.1) is 6.54 Å². The maximum atomic E-state index is 13.2. The van der Waals surface area contributed by atoms with Crippen molar-refractivity contribution in [1.82, 2.24) is 30.4 Å². The summed E-state index contributed by atoms with van der Waals surface area (Å²) in [6.45, 7) is 1.26. The zero-order valence-corrected chi connectivity index (χ0v) is 13.7. The SMILES string of the molecule is CN=C(NCCc1c[nH]c2cc(F)ccc12)NCc1ncnn1C. The Hall–Kier alpha value is -2.90. The summed E-state index contributed by atoms with van der Waals surface area (Å²) in [5.74, 6) is 1.29. The number of aromatic nitrogens is 4. The van der Waals surface area contributed by atoms with Crippen LogP contribution in [0, 0.1) is 5.82 Å². The summed E-state index contributed by atoms with van der Waals surface area (Å²) in [4.78, 5) is 11.4. The third-order valence-corrected chi connectivity index (χ3v) is 3.86. The van der Waals surface area contributed by atoms with Gasteiger partial charge in [0.15, 0.2) is 5.96 Å². The van der Waals surface area contributed by atoms with Crippen molar-refractivity contribution in [2.45, 2.75) is 13.0 Å². The van der Waals surface area contributed by atoms with Gasteiger partial charge in [-0.2, -0.15) is 5.10 Å². The van der Waals surface area contributed by atoms with Crippen LogP contribution in [0.25, 0.3) is 10.9 Å². The fourth-order valence-electron chi connectivity index (χ4n) is 2.54.